The summed E-state index contributed by atoms with van der Waals surface area (Å²) in [6.45, 7) is 7.34. The first-order valence-corrected chi connectivity index (χ1v) is 6.66. The Bertz CT molecular complexity index is 473. The third-order valence-corrected chi connectivity index (χ3v) is 3.73. The summed E-state index contributed by atoms with van der Waals surface area (Å²) in [6.07, 6.45) is 2.11. The molecule has 1 unspecified atom stereocenters. The van der Waals surface area contributed by atoms with E-state index in [1.807, 2.05) is 11.8 Å². The maximum absolute atomic E-state index is 12.4. The average Bonchev–Trinajstić information content (AvgIpc) is 2.36. The zero-order valence-electron chi connectivity index (χ0n) is 11.9. The fraction of sp³-hybridized carbons (Fsp3) is 0.533. The minimum atomic E-state index is -0.100. The number of hydrogen-bond donors (Lipinski definition) is 1. The molecule has 2 rings (SSSR count). The number of amides is 1. The molecule has 2 N–H and O–H groups in total. The maximum atomic E-state index is 12.4. The molecular formula is C15H23ClN2O. The van der Waals surface area contributed by atoms with Crippen LogP contribution in [0.5, 0.6) is 0 Å². The highest BCUT2D eigenvalue weighted by Gasteiger charge is 2.26. The lowest BCUT2D eigenvalue weighted by atomic mass is 9.94. The molecule has 106 valence electrons. The van der Waals surface area contributed by atoms with Gasteiger partial charge in [-0.3, -0.25) is 4.79 Å². The predicted octanol–water partition coefficient (Wildman–Crippen LogP) is 2.60. The molecule has 0 bridgehead atoms. The maximum Gasteiger partial charge on any atom is 0.231 e. The van der Waals surface area contributed by atoms with Crippen molar-refractivity contribution in [3.8, 4) is 0 Å². The monoisotopic (exact) mass is 282 g/mol. The topological polar surface area (TPSA) is 46.3 Å². The van der Waals surface area contributed by atoms with Crippen molar-refractivity contribution in [2.24, 2.45) is 11.7 Å². The number of carbonyl (C=O) groups is 1. The van der Waals surface area contributed by atoms with Gasteiger partial charge in [0.05, 0.1) is 0 Å². The summed E-state index contributed by atoms with van der Waals surface area (Å²) in [4.78, 5) is 14.3. The van der Waals surface area contributed by atoms with Crippen LogP contribution in [0.4, 0.5) is 5.69 Å². The SMILES string of the molecule is Cc1cc(C)c2c(c1)N(C(=O)C(C)CN)CCC2.Cl. The molecule has 1 aliphatic rings. The lowest BCUT2D eigenvalue weighted by Gasteiger charge is -2.32. The van der Waals surface area contributed by atoms with Crippen LogP contribution in [0.1, 0.15) is 30.0 Å². The summed E-state index contributed by atoms with van der Waals surface area (Å²) in [5.41, 5.74) is 10.5. The lowest BCUT2D eigenvalue weighted by Crippen LogP contribution is -2.41. The molecule has 4 heteroatoms. The second-order valence-corrected chi connectivity index (χ2v) is 5.31. The molecule has 1 amide bonds. The van der Waals surface area contributed by atoms with Gasteiger partial charge >= 0.3 is 0 Å². The Kier molecular flexibility index (Phi) is 5.39. The number of anilines is 1. The molecule has 0 aliphatic carbocycles. The van der Waals surface area contributed by atoms with Crippen LogP contribution in [0.2, 0.25) is 0 Å². The highest BCUT2D eigenvalue weighted by molar-refractivity contribution is 5.96. The van der Waals surface area contributed by atoms with Gasteiger partial charge in [-0.05, 0) is 49.4 Å². The zero-order chi connectivity index (χ0) is 13.3. The number of carbonyl (C=O) groups excluding carboxylic acids is 1. The van der Waals surface area contributed by atoms with E-state index in [9.17, 15) is 4.79 Å². The Morgan fingerprint density at radius 2 is 2.11 bits per heavy atom. The summed E-state index contributed by atoms with van der Waals surface area (Å²) in [5.74, 6) is 0.0558. The van der Waals surface area contributed by atoms with Crippen LogP contribution in [0, 0.1) is 19.8 Å². The van der Waals surface area contributed by atoms with Crippen molar-refractivity contribution in [1.82, 2.24) is 0 Å². The van der Waals surface area contributed by atoms with Crippen molar-refractivity contribution in [2.45, 2.75) is 33.6 Å². The van der Waals surface area contributed by atoms with Gasteiger partial charge in [0.1, 0.15) is 0 Å². The van der Waals surface area contributed by atoms with Gasteiger partial charge in [0, 0.05) is 24.7 Å². The molecule has 1 atom stereocenters. The molecule has 19 heavy (non-hydrogen) atoms. The van der Waals surface area contributed by atoms with Crippen molar-refractivity contribution in [1.29, 1.82) is 0 Å². The molecule has 0 saturated heterocycles. The van der Waals surface area contributed by atoms with E-state index in [1.165, 1.54) is 16.7 Å². The van der Waals surface area contributed by atoms with Gasteiger partial charge in [-0.15, -0.1) is 12.4 Å². The van der Waals surface area contributed by atoms with E-state index >= 15 is 0 Å². The summed E-state index contributed by atoms with van der Waals surface area (Å²) >= 11 is 0. The van der Waals surface area contributed by atoms with E-state index < -0.39 is 0 Å². The van der Waals surface area contributed by atoms with E-state index in [4.69, 9.17) is 5.73 Å². The molecule has 0 spiro atoms. The van der Waals surface area contributed by atoms with E-state index in [-0.39, 0.29) is 24.2 Å². The first-order valence-electron chi connectivity index (χ1n) is 6.66. The Morgan fingerprint density at radius 3 is 2.74 bits per heavy atom. The van der Waals surface area contributed by atoms with E-state index in [1.54, 1.807) is 0 Å². The van der Waals surface area contributed by atoms with Gasteiger partial charge in [0.25, 0.3) is 0 Å². The molecule has 1 aromatic rings. The first kappa shape index (κ1) is 16.0. The van der Waals surface area contributed by atoms with Crippen molar-refractivity contribution >= 4 is 24.0 Å². The molecule has 1 aromatic carbocycles. The summed E-state index contributed by atoms with van der Waals surface area (Å²) < 4.78 is 0. The summed E-state index contributed by atoms with van der Waals surface area (Å²) in [5, 5.41) is 0. The first-order chi connectivity index (χ1) is 8.54. The average molecular weight is 283 g/mol. The van der Waals surface area contributed by atoms with Gasteiger partial charge in [-0.2, -0.15) is 0 Å². The number of fused-ring (bicyclic) bond motifs is 1. The highest BCUT2D eigenvalue weighted by Crippen LogP contribution is 2.31. The summed E-state index contributed by atoms with van der Waals surface area (Å²) in [6, 6.07) is 4.32. The van der Waals surface area contributed by atoms with Crippen LogP contribution in [-0.4, -0.2) is 19.0 Å². The highest BCUT2D eigenvalue weighted by atomic mass is 35.5. The fourth-order valence-corrected chi connectivity index (χ4v) is 2.67. The van der Waals surface area contributed by atoms with E-state index in [2.05, 4.69) is 26.0 Å². The molecule has 1 aliphatic heterocycles. The van der Waals surface area contributed by atoms with Crippen LogP contribution in [0.3, 0.4) is 0 Å². The van der Waals surface area contributed by atoms with Crippen LogP contribution in [-0.2, 0) is 11.2 Å². The number of hydrogen-bond acceptors (Lipinski definition) is 2. The number of nitrogens with zero attached hydrogens (tertiary/aromatic N) is 1. The number of rotatable bonds is 2. The molecule has 0 fully saturated rings. The van der Waals surface area contributed by atoms with Gasteiger partial charge in [0.2, 0.25) is 5.91 Å². The Balaban J connectivity index is 0.00000180. The van der Waals surface area contributed by atoms with Crippen molar-refractivity contribution in [3.63, 3.8) is 0 Å². The predicted molar refractivity (Wildman–Crippen MR) is 82.1 cm³/mol. The van der Waals surface area contributed by atoms with Gasteiger partial charge in [0.15, 0.2) is 0 Å². The third kappa shape index (κ3) is 3.10. The van der Waals surface area contributed by atoms with Crippen LogP contribution in [0.25, 0.3) is 0 Å². The van der Waals surface area contributed by atoms with Gasteiger partial charge < -0.3 is 10.6 Å². The minimum absolute atomic E-state index is 0. The second kappa shape index (κ2) is 6.40. The molecule has 1 heterocycles. The standard InChI is InChI=1S/C15H22N2O.ClH/c1-10-7-11(2)13-5-4-6-17(14(13)8-10)15(18)12(3)9-16;/h7-8,12H,4-6,9,16H2,1-3H3;1H. The number of nitrogens with two attached hydrogens (primary N) is 1. The smallest absolute Gasteiger partial charge is 0.231 e. The minimum Gasteiger partial charge on any atom is -0.330 e. The van der Waals surface area contributed by atoms with Crippen molar-refractivity contribution in [2.75, 3.05) is 18.0 Å². The molecule has 3 nitrogen and oxygen atoms in total. The Morgan fingerprint density at radius 1 is 1.42 bits per heavy atom. The zero-order valence-corrected chi connectivity index (χ0v) is 12.7. The normalized spacial score (nSPS) is 15.5. The molecule has 0 aromatic heterocycles. The van der Waals surface area contributed by atoms with E-state index in [0.717, 1.165) is 25.1 Å². The molecule has 0 saturated carbocycles. The van der Waals surface area contributed by atoms with Crippen LogP contribution in [0.15, 0.2) is 12.1 Å². The quantitative estimate of drug-likeness (QED) is 0.906. The lowest BCUT2D eigenvalue weighted by molar-refractivity contribution is -0.121. The Labute approximate surface area is 121 Å². The second-order valence-electron chi connectivity index (χ2n) is 5.31. The number of halogens is 1. The van der Waals surface area contributed by atoms with Gasteiger partial charge in [-0.1, -0.05) is 13.0 Å². The number of aryl methyl sites for hydroxylation is 2. The largest absolute Gasteiger partial charge is 0.330 e. The fourth-order valence-electron chi connectivity index (χ4n) is 2.67. The number of benzene rings is 1. The van der Waals surface area contributed by atoms with Crippen LogP contribution < -0.4 is 10.6 Å². The van der Waals surface area contributed by atoms with E-state index in [0.29, 0.717) is 6.54 Å². The molecular weight excluding hydrogens is 260 g/mol. The third-order valence-electron chi connectivity index (χ3n) is 3.73. The van der Waals surface area contributed by atoms with Crippen molar-refractivity contribution in [3.05, 3.63) is 28.8 Å². The van der Waals surface area contributed by atoms with Crippen molar-refractivity contribution < 1.29 is 4.79 Å². The summed E-state index contributed by atoms with van der Waals surface area (Å²) in [7, 11) is 0. The van der Waals surface area contributed by atoms with Crippen LogP contribution >= 0.6 is 12.4 Å². The Hall–Kier alpha value is -1.06. The molecule has 0 radical (unpaired) electrons. The van der Waals surface area contributed by atoms with Gasteiger partial charge in [-0.25, -0.2) is 0 Å².